The molecule has 13 heavy (non-hydrogen) atoms. The van der Waals surface area contributed by atoms with Crippen molar-refractivity contribution in [1.82, 2.24) is 4.98 Å². The molecule has 0 aromatic carbocycles. The predicted molar refractivity (Wildman–Crippen MR) is 52.4 cm³/mol. The van der Waals surface area contributed by atoms with Gasteiger partial charge in [0.25, 0.3) is 0 Å². The summed E-state index contributed by atoms with van der Waals surface area (Å²) in [7, 11) is 0. The van der Waals surface area contributed by atoms with Crippen LogP contribution in [-0.2, 0) is 6.54 Å². The summed E-state index contributed by atoms with van der Waals surface area (Å²) in [6, 6.07) is 3.67. The summed E-state index contributed by atoms with van der Waals surface area (Å²) in [5, 5.41) is 0. The van der Waals surface area contributed by atoms with Crippen molar-refractivity contribution < 1.29 is 4.74 Å². The van der Waals surface area contributed by atoms with Crippen molar-refractivity contribution in [2.24, 2.45) is 5.73 Å². The van der Waals surface area contributed by atoms with Gasteiger partial charge < -0.3 is 10.5 Å². The average Bonchev–Trinajstić information content (AvgIpc) is 2.19. The molecule has 0 saturated heterocycles. The van der Waals surface area contributed by atoms with E-state index in [1.54, 1.807) is 6.20 Å². The van der Waals surface area contributed by atoms with E-state index in [4.69, 9.17) is 10.5 Å². The van der Waals surface area contributed by atoms with Crippen LogP contribution in [0.2, 0.25) is 0 Å². The van der Waals surface area contributed by atoms with Gasteiger partial charge in [-0.3, -0.25) is 4.98 Å². The summed E-state index contributed by atoms with van der Waals surface area (Å²) in [6.45, 7) is 4.71. The molecule has 0 aliphatic heterocycles. The van der Waals surface area contributed by atoms with Crippen molar-refractivity contribution in [3.63, 3.8) is 0 Å². The van der Waals surface area contributed by atoms with Gasteiger partial charge in [0.15, 0.2) is 0 Å². The number of nitrogens with two attached hydrogens (primary N) is 1. The van der Waals surface area contributed by atoms with Crippen LogP contribution in [0.15, 0.2) is 31.0 Å². The monoisotopic (exact) mass is 178 g/mol. The van der Waals surface area contributed by atoms with E-state index < -0.39 is 0 Å². The number of nitrogens with zero attached hydrogens (tertiary/aromatic N) is 1. The molecule has 0 fully saturated rings. The molecule has 0 saturated carbocycles. The lowest BCUT2D eigenvalue weighted by Gasteiger charge is -2.04. The highest BCUT2D eigenvalue weighted by molar-refractivity contribution is 5.22. The highest BCUT2D eigenvalue weighted by Gasteiger charge is 1.95. The van der Waals surface area contributed by atoms with E-state index in [0.29, 0.717) is 13.2 Å². The van der Waals surface area contributed by atoms with E-state index in [2.05, 4.69) is 11.6 Å². The molecule has 0 bridgehead atoms. The van der Waals surface area contributed by atoms with Gasteiger partial charge in [0, 0.05) is 18.8 Å². The van der Waals surface area contributed by atoms with Crippen LogP contribution >= 0.6 is 0 Å². The maximum absolute atomic E-state index is 5.44. The van der Waals surface area contributed by atoms with E-state index in [1.165, 1.54) is 0 Å². The van der Waals surface area contributed by atoms with E-state index in [0.717, 1.165) is 17.9 Å². The van der Waals surface area contributed by atoms with E-state index in [9.17, 15) is 0 Å². The first-order chi connectivity index (χ1) is 6.36. The van der Waals surface area contributed by atoms with Gasteiger partial charge >= 0.3 is 0 Å². The summed E-state index contributed by atoms with van der Waals surface area (Å²) in [5.41, 5.74) is 6.28. The standard InChI is InChI=1S/C10H14N2O/c1-2-3-6-13-10-4-5-12-9(7-10)8-11/h2,4-5,7H,1,3,6,8,11H2. The SMILES string of the molecule is C=CCCOc1ccnc(CN)c1. The first kappa shape index (κ1) is 9.74. The molecular formula is C10H14N2O. The lowest BCUT2D eigenvalue weighted by atomic mass is 10.3. The zero-order chi connectivity index (χ0) is 9.52. The smallest absolute Gasteiger partial charge is 0.122 e. The molecule has 0 spiro atoms. The van der Waals surface area contributed by atoms with Gasteiger partial charge in [-0.2, -0.15) is 0 Å². The summed E-state index contributed by atoms with van der Waals surface area (Å²) in [4.78, 5) is 4.06. The Kier molecular flexibility index (Phi) is 3.99. The number of aromatic nitrogens is 1. The maximum Gasteiger partial charge on any atom is 0.122 e. The van der Waals surface area contributed by atoms with Crippen LogP contribution in [0, 0.1) is 0 Å². The number of pyridine rings is 1. The van der Waals surface area contributed by atoms with Gasteiger partial charge in [-0.15, -0.1) is 6.58 Å². The second-order valence-corrected chi connectivity index (χ2v) is 2.61. The molecule has 1 aromatic rings. The molecule has 1 heterocycles. The molecule has 0 unspecified atom stereocenters. The van der Waals surface area contributed by atoms with Gasteiger partial charge in [0.05, 0.1) is 12.3 Å². The van der Waals surface area contributed by atoms with Crippen LogP contribution in [0.3, 0.4) is 0 Å². The molecule has 0 amide bonds. The van der Waals surface area contributed by atoms with Gasteiger partial charge in [-0.1, -0.05) is 6.08 Å². The van der Waals surface area contributed by atoms with Crippen LogP contribution in [-0.4, -0.2) is 11.6 Å². The van der Waals surface area contributed by atoms with Gasteiger partial charge in [-0.05, 0) is 12.5 Å². The van der Waals surface area contributed by atoms with Gasteiger partial charge in [-0.25, -0.2) is 0 Å². The first-order valence-corrected chi connectivity index (χ1v) is 4.25. The average molecular weight is 178 g/mol. The van der Waals surface area contributed by atoms with E-state index >= 15 is 0 Å². The highest BCUT2D eigenvalue weighted by atomic mass is 16.5. The minimum Gasteiger partial charge on any atom is -0.493 e. The van der Waals surface area contributed by atoms with Crippen molar-refractivity contribution in [1.29, 1.82) is 0 Å². The Bertz CT molecular complexity index is 273. The van der Waals surface area contributed by atoms with Gasteiger partial charge in [0.1, 0.15) is 5.75 Å². The summed E-state index contributed by atoms with van der Waals surface area (Å²) in [5.74, 6) is 0.817. The number of hydrogen-bond acceptors (Lipinski definition) is 3. The Hall–Kier alpha value is -1.35. The lowest BCUT2D eigenvalue weighted by Crippen LogP contribution is -2.01. The largest absolute Gasteiger partial charge is 0.493 e. The summed E-state index contributed by atoms with van der Waals surface area (Å²) >= 11 is 0. The second kappa shape index (κ2) is 5.32. The number of hydrogen-bond donors (Lipinski definition) is 1. The molecule has 1 aromatic heterocycles. The van der Waals surface area contributed by atoms with Crippen LogP contribution < -0.4 is 10.5 Å². The zero-order valence-corrected chi connectivity index (χ0v) is 7.57. The van der Waals surface area contributed by atoms with E-state index in [-0.39, 0.29) is 0 Å². The first-order valence-electron chi connectivity index (χ1n) is 4.25. The quantitative estimate of drug-likeness (QED) is 0.549. The number of ether oxygens (including phenoxy) is 1. The van der Waals surface area contributed by atoms with Crippen LogP contribution in [0.25, 0.3) is 0 Å². The Morgan fingerprint density at radius 1 is 1.62 bits per heavy atom. The fraction of sp³-hybridized carbons (Fsp3) is 0.300. The Balaban J connectivity index is 2.50. The molecule has 0 aliphatic carbocycles. The third-order valence-electron chi connectivity index (χ3n) is 1.59. The minimum atomic E-state index is 0.443. The molecule has 3 nitrogen and oxygen atoms in total. The normalized spacial score (nSPS) is 9.62. The highest BCUT2D eigenvalue weighted by Crippen LogP contribution is 2.10. The summed E-state index contributed by atoms with van der Waals surface area (Å²) in [6.07, 6.45) is 4.37. The third-order valence-corrected chi connectivity index (χ3v) is 1.59. The fourth-order valence-electron chi connectivity index (χ4n) is 0.918. The van der Waals surface area contributed by atoms with Crippen molar-refractivity contribution >= 4 is 0 Å². The molecule has 2 N–H and O–H groups in total. The summed E-state index contributed by atoms with van der Waals surface area (Å²) < 4.78 is 5.42. The van der Waals surface area contributed by atoms with Crippen LogP contribution in [0.4, 0.5) is 0 Å². The van der Waals surface area contributed by atoms with Crippen LogP contribution in [0.1, 0.15) is 12.1 Å². The topological polar surface area (TPSA) is 48.1 Å². The molecule has 70 valence electrons. The fourth-order valence-corrected chi connectivity index (χ4v) is 0.918. The molecule has 0 atom stereocenters. The Morgan fingerprint density at radius 2 is 2.46 bits per heavy atom. The minimum absolute atomic E-state index is 0.443. The second-order valence-electron chi connectivity index (χ2n) is 2.61. The number of rotatable bonds is 5. The Morgan fingerprint density at radius 3 is 3.15 bits per heavy atom. The molecule has 3 heteroatoms. The van der Waals surface area contributed by atoms with E-state index in [1.807, 2.05) is 18.2 Å². The van der Waals surface area contributed by atoms with Gasteiger partial charge in [0.2, 0.25) is 0 Å². The predicted octanol–water partition coefficient (Wildman–Crippen LogP) is 1.50. The maximum atomic E-state index is 5.44. The molecular weight excluding hydrogens is 164 g/mol. The van der Waals surface area contributed by atoms with Crippen molar-refractivity contribution in [2.75, 3.05) is 6.61 Å². The van der Waals surface area contributed by atoms with Crippen molar-refractivity contribution in [3.8, 4) is 5.75 Å². The molecule has 0 radical (unpaired) electrons. The van der Waals surface area contributed by atoms with Crippen molar-refractivity contribution in [3.05, 3.63) is 36.7 Å². The Labute approximate surface area is 78.2 Å². The molecule has 0 aliphatic rings. The van der Waals surface area contributed by atoms with Crippen LogP contribution in [0.5, 0.6) is 5.75 Å². The zero-order valence-electron chi connectivity index (χ0n) is 7.57. The molecule has 1 rings (SSSR count). The lowest BCUT2D eigenvalue weighted by molar-refractivity contribution is 0.324. The third kappa shape index (κ3) is 3.25. The van der Waals surface area contributed by atoms with Crippen molar-refractivity contribution in [2.45, 2.75) is 13.0 Å².